The average Bonchev–Trinajstić information content (AvgIpc) is 2.81. The fourth-order valence-electron chi connectivity index (χ4n) is 3.29. The highest BCUT2D eigenvalue weighted by Crippen LogP contribution is 2.22. The second kappa shape index (κ2) is 9.49. The summed E-state index contributed by atoms with van der Waals surface area (Å²) in [4.78, 5) is 8.68. The Hall–Kier alpha value is -3.91. The molecule has 32 heavy (non-hydrogen) atoms. The molecule has 4 rings (SSSR count). The highest BCUT2D eigenvalue weighted by molar-refractivity contribution is 5.84. The molecule has 1 aromatic heterocycles. The lowest BCUT2D eigenvalue weighted by Crippen LogP contribution is -1.94. The van der Waals surface area contributed by atoms with E-state index in [-0.39, 0.29) is 10.9 Å². The maximum Gasteiger partial charge on any atom is 0.166 e. The number of benzene rings is 3. The Labute approximate surface area is 184 Å². The van der Waals surface area contributed by atoms with Crippen molar-refractivity contribution in [2.45, 2.75) is 19.8 Å². The molecule has 0 radical (unpaired) electrons. The van der Waals surface area contributed by atoms with E-state index in [9.17, 15) is 13.2 Å². The maximum atomic E-state index is 14.6. The van der Waals surface area contributed by atoms with Gasteiger partial charge in [0.05, 0.1) is 5.56 Å². The normalized spacial score (nSPS) is 11.0. The largest absolute Gasteiger partial charge is 0.236 e. The van der Waals surface area contributed by atoms with Crippen LogP contribution < -0.4 is 0 Å². The summed E-state index contributed by atoms with van der Waals surface area (Å²) >= 11 is 0. The first-order valence-electron chi connectivity index (χ1n) is 10.2. The first kappa shape index (κ1) is 21.3. The van der Waals surface area contributed by atoms with Crippen LogP contribution in [0.3, 0.4) is 0 Å². The summed E-state index contributed by atoms with van der Waals surface area (Å²) in [6, 6.07) is 11.9. The lowest BCUT2D eigenvalue weighted by molar-refractivity contribution is 0.517. The van der Waals surface area contributed by atoms with Crippen molar-refractivity contribution in [3.05, 3.63) is 107 Å². The Kier molecular flexibility index (Phi) is 6.32. The van der Waals surface area contributed by atoms with Gasteiger partial charge in [-0.3, -0.25) is 0 Å². The molecule has 0 N–H and O–H groups in total. The molecule has 0 saturated heterocycles. The monoisotopic (exact) mass is 428 g/mol. The molecular formula is C27H19F3N2. The van der Waals surface area contributed by atoms with Gasteiger partial charge in [-0.15, -0.1) is 0 Å². The first-order chi connectivity index (χ1) is 15.5. The molecule has 158 valence electrons. The van der Waals surface area contributed by atoms with Gasteiger partial charge in [0.2, 0.25) is 0 Å². The minimum absolute atomic E-state index is 0.180. The first-order valence-corrected chi connectivity index (χ1v) is 10.2. The van der Waals surface area contributed by atoms with E-state index in [0.29, 0.717) is 22.3 Å². The number of fused-ring (bicyclic) bond motifs is 1. The zero-order valence-corrected chi connectivity index (χ0v) is 17.4. The predicted molar refractivity (Wildman–Crippen MR) is 120 cm³/mol. The second-order valence-electron chi connectivity index (χ2n) is 7.26. The standard InChI is InChI=1S/C27H19F3N2/c1-2-3-4-5-19-16-31-27(32-17-19)22-10-9-20(25(29)15-22)8-6-18-7-12-23-21(14-18)11-13-24(28)26(23)30/h2-3,7,9-17H,4-5H2,1H3/b3-2+. The molecule has 0 bridgehead atoms. The number of rotatable bonds is 4. The van der Waals surface area contributed by atoms with Crippen molar-refractivity contribution in [2.24, 2.45) is 0 Å². The van der Waals surface area contributed by atoms with Gasteiger partial charge in [-0.1, -0.05) is 36.1 Å². The molecule has 0 aliphatic rings. The van der Waals surface area contributed by atoms with Gasteiger partial charge >= 0.3 is 0 Å². The van der Waals surface area contributed by atoms with Crippen LogP contribution in [0.1, 0.15) is 30.0 Å². The van der Waals surface area contributed by atoms with Crippen molar-refractivity contribution in [3.8, 4) is 23.2 Å². The van der Waals surface area contributed by atoms with Crippen molar-refractivity contribution >= 4 is 10.8 Å². The summed E-state index contributed by atoms with van der Waals surface area (Å²) in [5.41, 5.74) is 2.38. The number of hydrogen-bond acceptors (Lipinski definition) is 2. The SMILES string of the molecule is C/C=C/CCc1cnc(-c2ccc(C#Cc3ccc4c(F)c(F)ccc4c3)c(F)c2)nc1. The van der Waals surface area contributed by atoms with E-state index in [4.69, 9.17) is 0 Å². The lowest BCUT2D eigenvalue weighted by atomic mass is 10.1. The van der Waals surface area contributed by atoms with Crippen LogP contribution in [0.15, 0.2) is 73.1 Å². The Morgan fingerprint density at radius 1 is 0.875 bits per heavy atom. The smallest absolute Gasteiger partial charge is 0.166 e. The summed E-state index contributed by atoms with van der Waals surface area (Å²) in [6.07, 6.45) is 9.37. The van der Waals surface area contributed by atoms with Gasteiger partial charge in [0.1, 0.15) is 5.82 Å². The molecule has 0 fully saturated rings. The zero-order valence-electron chi connectivity index (χ0n) is 17.4. The third-order valence-corrected chi connectivity index (χ3v) is 5.02. The average molecular weight is 428 g/mol. The van der Waals surface area contributed by atoms with Crippen LogP contribution in [0.25, 0.3) is 22.2 Å². The Bertz CT molecular complexity index is 1360. The zero-order chi connectivity index (χ0) is 22.5. The molecule has 0 spiro atoms. The molecule has 0 saturated carbocycles. The predicted octanol–water partition coefficient (Wildman–Crippen LogP) is 6.62. The van der Waals surface area contributed by atoms with Gasteiger partial charge in [0.15, 0.2) is 17.5 Å². The maximum absolute atomic E-state index is 14.6. The van der Waals surface area contributed by atoms with Crippen molar-refractivity contribution in [1.82, 2.24) is 9.97 Å². The van der Waals surface area contributed by atoms with Crippen molar-refractivity contribution in [2.75, 3.05) is 0 Å². The van der Waals surface area contributed by atoms with Crippen LogP contribution in [0.2, 0.25) is 0 Å². The molecule has 0 atom stereocenters. The quantitative estimate of drug-likeness (QED) is 0.270. The Morgan fingerprint density at radius 2 is 1.69 bits per heavy atom. The van der Waals surface area contributed by atoms with Crippen LogP contribution in [0.4, 0.5) is 13.2 Å². The minimum Gasteiger partial charge on any atom is -0.236 e. The van der Waals surface area contributed by atoms with Crippen LogP contribution in [-0.2, 0) is 6.42 Å². The molecule has 0 amide bonds. The number of aryl methyl sites for hydroxylation is 1. The van der Waals surface area contributed by atoms with E-state index in [1.165, 1.54) is 18.2 Å². The molecule has 5 heteroatoms. The summed E-state index contributed by atoms with van der Waals surface area (Å²) in [7, 11) is 0. The molecule has 0 aliphatic carbocycles. The Morgan fingerprint density at radius 3 is 2.44 bits per heavy atom. The van der Waals surface area contributed by atoms with Gasteiger partial charge in [-0.2, -0.15) is 0 Å². The van der Waals surface area contributed by atoms with Crippen molar-refractivity contribution in [1.29, 1.82) is 0 Å². The topological polar surface area (TPSA) is 25.8 Å². The van der Waals surface area contributed by atoms with Gasteiger partial charge in [0, 0.05) is 28.9 Å². The molecule has 4 aromatic rings. The third kappa shape index (κ3) is 4.70. The van der Waals surface area contributed by atoms with E-state index in [1.54, 1.807) is 36.7 Å². The van der Waals surface area contributed by atoms with Crippen LogP contribution in [-0.4, -0.2) is 9.97 Å². The summed E-state index contributed by atoms with van der Waals surface area (Å²) in [5, 5.41) is 0.705. The van der Waals surface area contributed by atoms with Gasteiger partial charge < -0.3 is 0 Å². The summed E-state index contributed by atoms with van der Waals surface area (Å²) < 4.78 is 41.8. The van der Waals surface area contributed by atoms with E-state index in [0.717, 1.165) is 24.5 Å². The Balaban J connectivity index is 1.54. The lowest BCUT2D eigenvalue weighted by Gasteiger charge is -2.03. The van der Waals surface area contributed by atoms with Crippen LogP contribution in [0.5, 0.6) is 0 Å². The second-order valence-corrected chi connectivity index (χ2v) is 7.26. The fraction of sp³-hybridized carbons (Fsp3) is 0.111. The number of allylic oxidation sites excluding steroid dienone is 2. The molecule has 3 aromatic carbocycles. The fourth-order valence-corrected chi connectivity index (χ4v) is 3.29. The van der Waals surface area contributed by atoms with Crippen LogP contribution >= 0.6 is 0 Å². The molecule has 0 aliphatic heterocycles. The van der Waals surface area contributed by atoms with Crippen molar-refractivity contribution in [3.63, 3.8) is 0 Å². The van der Waals surface area contributed by atoms with Gasteiger partial charge in [0.25, 0.3) is 0 Å². The minimum atomic E-state index is -0.897. The van der Waals surface area contributed by atoms with E-state index < -0.39 is 17.5 Å². The number of nitrogens with zero attached hydrogens (tertiary/aromatic N) is 2. The van der Waals surface area contributed by atoms with Gasteiger partial charge in [-0.25, -0.2) is 23.1 Å². The molecule has 1 heterocycles. The molecule has 0 unspecified atom stereocenters. The third-order valence-electron chi connectivity index (χ3n) is 5.02. The number of halogens is 3. The van der Waals surface area contributed by atoms with E-state index in [1.807, 2.05) is 13.0 Å². The van der Waals surface area contributed by atoms with Crippen LogP contribution in [0, 0.1) is 29.3 Å². The highest BCUT2D eigenvalue weighted by Gasteiger charge is 2.08. The number of aromatic nitrogens is 2. The summed E-state index contributed by atoms with van der Waals surface area (Å²) in [5.74, 6) is 3.85. The molecule has 2 nitrogen and oxygen atoms in total. The molecular weight excluding hydrogens is 409 g/mol. The van der Waals surface area contributed by atoms with E-state index >= 15 is 0 Å². The summed E-state index contributed by atoms with van der Waals surface area (Å²) in [6.45, 7) is 1.98. The van der Waals surface area contributed by atoms with Crippen molar-refractivity contribution < 1.29 is 13.2 Å². The highest BCUT2D eigenvalue weighted by atomic mass is 19.2. The van der Waals surface area contributed by atoms with Gasteiger partial charge in [-0.05, 0) is 67.1 Å². The van der Waals surface area contributed by atoms with E-state index in [2.05, 4.69) is 27.9 Å². The number of hydrogen-bond donors (Lipinski definition) is 0.